The molecule has 1 aromatic rings. The highest BCUT2D eigenvalue weighted by Gasteiger charge is 2.54. The van der Waals surface area contributed by atoms with Gasteiger partial charge in [-0.05, 0) is 43.2 Å². The molecule has 1 saturated carbocycles. The Hall–Kier alpha value is -1.88. The van der Waals surface area contributed by atoms with Gasteiger partial charge in [0.2, 0.25) is 5.91 Å². The minimum Gasteiger partial charge on any atom is -0.376 e. The summed E-state index contributed by atoms with van der Waals surface area (Å²) >= 11 is 0. The number of amides is 2. The van der Waals surface area contributed by atoms with Gasteiger partial charge in [-0.3, -0.25) is 9.59 Å². The van der Waals surface area contributed by atoms with Crippen LogP contribution in [0.4, 0.5) is 0 Å². The van der Waals surface area contributed by atoms with Crippen molar-refractivity contribution in [2.75, 3.05) is 19.7 Å². The molecular formula is C24H34N2O3. The SMILES string of the molecule is CC(C)CN1C(=O)c2ccccc2[C@H](C(=O)NC[C@@H]2CCCO2)C12CCCCC2. The summed E-state index contributed by atoms with van der Waals surface area (Å²) in [6.45, 7) is 6.34. The number of carbonyl (C=O) groups is 2. The molecule has 2 aliphatic heterocycles. The first-order chi connectivity index (χ1) is 14.0. The second kappa shape index (κ2) is 8.47. The average molecular weight is 399 g/mol. The lowest BCUT2D eigenvalue weighted by Gasteiger charge is -2.54. The lowest BCUT2D eigenvalue weighted by atomic mass is 9.65. The molecule has 0 radical (unpaired) electrons. The maximum atomic E-state index is 13.6. The lowest BCUT2D eigenvalue weighted by molar-refractivity contribution is -0.128. The zero-order valence-electron chi connectivity index (χ0n) is 17.8. The number of hydrogen-bond donors (Lipinski definition) is 1. The van der Waals surface area contributed by atoms with E-state index in [-0.39, 0.29) is 23.8 Å². The van der Waals surface area contributed by atoms with E-state index >= 15 is 0 Å². The van der Waals surface area contributed by atoms with Crippen LogP contribution in [0.5, 0.6) is 0 Å². The minimum atomic E-state index is -0.408. The van der Waals surface area contributed by atoms with Gasteiger partial charge in [0.05, 0.1) is 17.6 Å². The predicted molar refractivity (Wildman–Crippen MR) is 113 cm³/mol. The van der Waals surface area contributed by atoms with Gasteiger partial charge in [-0.2, -0.15) is 0 Å². The fourth-order valence-electron chi connectivity index (χ4n) is 5.60. The second-order valence-electron chi connectivity index (χ2n) is 9.37. The molecule has 0 unspecified atom stereocenters. The second-order valence-corrected chi connectivity index (χ2v) is 9.37. The topological polar surface area (TPSA) is 58.6 Å². The van der Waals surface area contributed by atoms with Crippen molar-refractivity contribution in [2.45, 2.75) is 76.4 Å². The zero-order valence-corrected chi connectivity index (χ0v) is 17.8. The monoisotopic (exact) mass is 398 g/mol. The van der Waals surface area contributed by atoms with E-state index in [1.165, 1.54) is 6.42 Å². The van der Waals surface area contributed by atoms with Crippen LogP contribution in [0.25, 0.3) is 0 Å². The highest BCUT2D eigenvalue weighted by molar-refractivity contribution is 6.02. The Bertz CT molecular complexity index is 748. The van der Waals surface area contributed by atoms with Crippen LogP contribution in [-0.4, -0.2) is 48.1 Å². The summed E-state index contributed by atoms with van der Waals surface area (Å²) in [5.41, 5.74) is 1.19. The van der Waals surface area contributed by atoms with Gasteiger partial charge >= 0.3 is 0 Å². The Kier molecular flexibility index (Phi) is 5.95. The van der Waals surface area contributed by atoms with Crippen LogP contribution in [0, 0.1) is 5.92 Å². The predicted octanol–water partition coefficient (Wildman–Crippen LogP) is 3.88. The summed E-state index contributed by atoms with van der Waals surface area (Å²) in [5.74, 6) is 0.200. The molecule has 1 aromatic carbocycles. The molecule has 0 aromatic heterocycles. The van der Waals surface area contributed by atoms with Crippen molar-refractivity contribution < 1.29 is 14.3 Å². The van der Waals surface area contributed by atoms with Crippen LogP contribution in [-0.2, 0) is 9.53 Å². The van der Waals surface area contributed by atoms with Crippen LogP contribution < -0.4 is 5.32 Å². The fraction of sp³-hybridized carbons (Fsp3) is 0.667. The number of hydrogen-bond acceptors (Lipinski definition) is 3. The smallest absolute Gasteiger partial charge is 0.254 e. The van der Waals surface area contributed by atoms with E-state index in [2.05, 4.69) is 24.1 Å². The first-order valence-electron chi connectivity index (χ1n) is 11.3. The number of rotatable bonds is 5. The van der Waals surface area contributed by atoms with Gasteiger partial charge in [-0.1, -0.05) is 51.3 Å². The van der Waals surface area contributed by atoms with Crippen molar-refractivity contribution in [3.63, 3.8) is 0 Å². The van der Waals surface area contributed by atoms with Crippen molar-refractivity contribution in [3.8, 4) is 0 Å². The summed E-state index contributed by atoms with van der Waals surface area (Å²) in [5, 5.41) is 3.19. The van der Waals surface area contributed by atoms with E-state index < -0.39 is 5.54 Å². The molecular weight excluding hydrogens is 364 g/mol. The molecule has 5 nitrogen and oxygen atoms in total. The lowest BCUT2D eigenvalue weighted by Crippen LogP contribution is -2.63. The fourth-order valence-corrected chi connectivity index (χ4v) is 5.60. The van der Waals surface area contributed by atoms with Gasteiger partial charge in [0, 0.05) is 25.3 Å². The molecule has 29 heavy (non-hydrogen) atoms. The van der Waals surface area contributed by atoms with E-state index in [9.17, 15) is 9.59 Å². The molecule has 2 amide bonds. The van der Waals surface area contributed by atoms with Crippen molar-refractivity contribution in [1.29, 1.82) is 0 Å². The number of carbonyl (C=O) groups excluding carboxylic acids is 2. The minimum absolute atomic E-state index is 0.0520. The summed E-state index contributed by atoms with van der Waals surface area (Å²) in [6, 6.07) is 7.75. The van der Waals surface area contributed by atoms with Gasteiger partial charge in [-0.15, -0.1) is 0 Å². The van der Waals surface area contributed by atoms with Crippen molar-refractivity contribution in [3.05, 3.63) is 35.4 Å². The quantitative estimate of drug-likeness (QED) is 0.819. The third-order valence-electron chi connectivity index (χ3n) is 6.88. The molecule has 2 fully saturated rings. The van der Waals surface area contributed by atoms with Gasteiger partial charge in [0.25, 0.3) is 5.91 Å². The number of benzene rings is 1. The average Bonchev–Trinajstić information content (AvgIpc) is 3.24. The standard InChI is InChI=1S/C24H34N2O3/c1-17(2)16-26-23(28)20-11-5-4-10-19(20)21(24(26)12-6-3-7-13-24)22(27)25-15-18-9-8-14-29-18/h4-5,10-11,17-18,21H,3,6-9,12-16H2,1-2H3,(H,25,27)/t18-,21+/m0/s1. The van der Waals surface area contributed by atoms with E-state index in [1.807, 2.05) is 24.3 Å². The van der Waals surface area contributed by atoms with Crippen molar-refractivity contribution in [2.24, 2.45) is 5.92 Å². The molecule has 3 aliphatic rings. The Balaban J connectivity index is 1.72. The molecule has 1 N–H and O–H groups in total. The van der Waals surface area contributed by atoms with Crippen molar-refractivity contribution in [1.82, 2.24) is 10.2 Å². The highest BCUT2D eigenvalue weighted by Crippen LogP contribution is 2.49. The Morgan fingerprint density at radius 3 is 2.66 bits per heavy atom. The van der Waals surface area contributed by atoms with Crippen LogP contribution in [0.2, 0.25) is 0 Å². The van der Waals surface area contributed by atoms with Gasteiger partial charge in [0.15, 0.2) is 0 Å². The summed E-state index contributed by atoms with van der Waals surface area (Å²) in [4.78, 5) is 29.2. The molecule has 2 atom stereocenters. The largest absolute Gasteiger partial charge is 0.376 e. The van der Waals surface area contributed by atoms with Crippen LogP contribution in [0.1, 0.15) is 80.6 Å². The molecule has 5 heteroatoms. The van der Waals surface area contributed by atoms with Gasteiger partial charge in [-0.25, -0.2) is 0 Å². The normalized spacial score (nSPS) is 26.0. The molecule has 4 rings (SSSR count). The van der Waals surface area contributed by atoms with Crippen LogP contribution in [0.3, 0.4) is 0 Å². The van der Waals surface area contributed by atoms with E-state index in [4.69, 9.17) is 4.74 Å². The Morgan fingerprint density at radius 2 is 1.97 bits per heavy atom. The number of nitrogens with zero attached hydrogens (tertiary/aromatic N) is 1. The van der Waals surface area contributed by atoms with E-state index in [0.29, 0.717) is 24.6 Å². The molecule has 1 spiro atoms. The molecule has 0 bridgehead atoms. The first-order valence-corrected chi connectivity index (χ1v) is 11.3. The third kappa shape index (κ3) is 3.81. The first kappa shape index (κ1) is 20.4. The zero-order chi connectivity index (χ0) is 20.4. The molecule has 1 saturated heterocycles. The summed E-state index contributed by atoms with van der Waals surface area (Å²) in [6.07, 6.45) is 7.30. The number of ether oxygens (including phenoxy) is 1. The molecule has 2 heterocycles. The van der Waals surface area contributed by atoms with Crippen LogP contribution >= 0.6 is 0 Å². The Morgan fingerprint density at radius 1 is 1.21 bits per heavy atom. The molecule has 1 aliphatic carbocycles. The summed E-state index contributed by atoms with van der Waals surface area (Å²) < 4.78 is 5.71. The van der Waals surface area contributed by atoms with E-state index in [1.54, 1.807) is 0 Å². The number of nitrogens with one attached hydrogen (secondary N) is 1. The molecule has 158 valence electrons. The third-order valence-corrected chi connectivity index (χ3v) is 6.88. The number of fused-ring (bicyclic) bond motifs is 1. The Labute approximate surface area is 174 Å². The van der Waals surface area contributed by atoms with Crippen LogP contribution in [0.15, 0.2) is 24.3 Å². The summed E-state index contributed by atoms with van der Waals surface area (Å²) in [7, 11) is 0. The van der Waals surface area contributed by atoms with Gasteiger partial charge < -0.3 is 15.0 Å². The van der Waals surface area contributed by atoms with E-state index in [0.717, 1.165) is 50.7 Å². The highest BCUT2D eigenvalue weighted by atomic mass is 16.5. The maximum absolute atomic E-state index is 13.6. The maximum Gasteiger partial charge on any atom is 0.254 e. The van der Waals surface area contributed by atoms with Gasteiger partial charge in [0.1, 0.15) is 0 Å². The van der Waals surface area contributed by atoms with Crippen molar-refractivity contribution >= 4 is 11.8 Å².